The number of hydrogen-bond acceptors (Lipinski definition) is 2. The van der Waals surface area contributed by atoms with Crippen LogP contribution in [-0.4, -0.2) is 22.2 Å². The number of rotatable bonds is 3. The highest BCUT2D eigenvalue weighted by Gasteiger charge is 2.20. The Morgan fingerprint density at radius 2 is 2.20 bits per heavy atom. The number of aliphatic hydroxyl groups excluding tert-OH is 1. The Hall–Kier alpha value is -0.800. The topological polar surface area (TPSA) is 48.0 Å². The Morgan fingerprint density at radius 1 is 1.33 bits per heavy atom. The molecule has 3 heteroatoms. The third kappa shape index (κ3) is 3.08. The number of aromatic amines is 1. The van der Waals surface area contributed by atoms with Gasteiger partial charge < -0.3 is 15.4 Å². The Bertz CT molecular complexity index is 271. The zero-order valence-corrected chi connectivity index (χ0v) is 9.08. The van der Waals surface area contributed by atoms with Gasteiger partial charge >= 0.3 is 0 Å². The van der Waals surface area contributed by atoms with Crippen LogP contribution < -0.4 is 5.32 Å². The smallest absolute Gasteiger partial charge is 0.0693 e. The number of hydrogen-bond donors (Lipinski definition) is 3. The molecule has 1 heterocycles. The summed E-state index contributed by atoms with van der Waals surface area (Å²) in [5, 5.41) is 13.4. The molecule has 15 heavy (non-hydrogen) atoms. The average Bonchev–Trinajstić information content (AvgIpc) is 2.67. The van der Waals surface area contributed by atoms with Gasteiger partial charge in [-0.15, -0.1) is 0 Å². The molecule has 2 rings (SSSR count). The SMILES string of the molecule is OC1CCCCCC1NCc1cc[nH]c1. The third-order valence-corrected chi connectivity index (χ3v) is 3.21. The lowest BCUT2D eigenvalue weighted by atomic mass is 10.1. The van der Waals surface area contributed by atoms with E-state index in [1.54, 1.807) is 0 Å². The minimum Gasteiger partial charge on any atom is -0.392 e. The van der Waals surface area contributed by atoms with E-state index in [9.17, 15) is 5.11 Å². The van der Waals surface area contributed by atoms with Crippen LogP contribution in [0.15, 0.2) is 18.5 Å². The van der Waals surface area contributed by atoms with E-state index in [4.69, 9.17) is 0 Å². The lowest BCUT2D eigenvalue weighted by molar-refractivity contribution is 0.119. The second-order valence-corrected chi connectivity index (χ2v) is 4.41. The molecule has 84 valence electrons. The molecule has 1 fully saturated rings. The van der Waals surface area contributed by atoms with Gasteiger partial charge in [0.25, 0.3) is 0 Å². The van der Waals surface area contributed by atoms with Crippen LogP contribution in [0.4, 0.5) is 0 Å². The van der Waals surface area contributed by atoms with Gasteiger partial charge in [0.2, 0.25) is 0 Å². The molecule has 1 aromatic rings. The Balaban J connectivity index is 1.81. The van der Waals surface area contributed by atoms with Crippen LogP contribution in [0.1, 0.15) is 37.7 Å². The second kappa shape index (κ2) is 5.33. The molecule has 1 saturated carbocycles. The minimum atomic E-state index is -0.161. The molecule has 2 atom stereocenters. The molecule has 0 amide bonds. The van der Waals surface area contributed by atoms with Crippen LogP contribution in [0.25, 0.3) is 0 Å². The van der Waals surface area contributed by atoms with Gasteiger partial charge in [-0.05, 0) is 24.5 Å². The van der Waals surface area contributed by atoms with E-state index in [2.05, 4.69) is 16.4 Å². The van der Waals surface area contributed by atoms with Crippen molar-refractivity contribution in [2.75, 3.05) is 0 Å². The summed E-state index contributed by atoms with van der Waals surface area (Å²) in [6.45, 7) is 0.852. The Morgan fingerprint density at radius 3 is 3.00 bits per heavy atom. The van der Waals surface area contributed by atoms with Crippen molar-refractivity contribution in [3.63, 3.8) is 0 Å². The number of H-pyrrole nitrogens is 1. The van der Waals surface area contributed by atoms with Crippen molar-refractivity contribution < 1.29 is 5.11 Å². The fraction of sp³-hybridized carbons (Fsp3) is 0.667. The first kappa shape index (κ1) is 10.7. The van der Waals surface area contributed by atoms with Crippen LogP contribution >= 0.6 is 0 Å². The van der Waals surface area contributed by atoms with Crippen molar-refractivity contribution in [3.05, 3.63) is 24.0 Å². The van der Waals surface area contributed by atoms with Crippen molar-refractivity contribution >= 4 is 0 Å². The molecule has 0 spiro atoms. The quantitative estimate of drug-likeness (QED) is 0.663. The van der Waals surface area contributed by atoms with E-state index in [0.29, 0.717) is 0 Å². The van der Waals surface area contributed by atoms with E-state index in [1.807, 2.05) is 12.4 Å². The minimum absolute atomic E-state index is 0.161. The first-order chi connectivity index (χ1) is 7.36. The van der Waals surface area contributed by atoms with Gasteiger partial charge in [0.15, 0.2) is 0 Å². The molecule has 0 saturated heterocycles. The highest BCUT2D eigenvalue weighted by atomic mass is 16.3. The van der Waals surface area contributed by atoms with Gasteiger partial charge in [0, 0.05) is 25.0 Å². The molecular weight excluding hydrogens is 188 g/mol. The molecule has 3 N–H and O–H groups in total. The molecule has 3 nitrogen and oxygen atoms in total. The van der Waals surface area contributed by atoms with Crippen molar-refractivity contribution in [1.82, 2.24) is 10.3 Å². The molecule has 2 unspecified atom stereocenters. The van der Waals surface area contributed by atoms with Gasteiger partial charge in [-0.1, -0.05) is 19.3 Å². The van der Waals surface area contributed by atoms with E-state index in [0.717, 1.165) is 19.4 Å². The molecule has 1 aliphatic carbocycles. The van der Waals surface area contributed by atoms with Gasteiger partial charge in [0.05, 0.1) is 6.10 Å². The largest absolute Gasteiger partial charge is 0.392 e. The van der Waals surface area contributed by atoms with Crippen molar-refractivity contribution in [2.24, 2.45) is 0 Å². The summed E-state index contributed by atoms with van der Waals surface area (Å²) in [6, 6.07) is 2.35. The maximum Gasteiger partial charge on any atom is 0.0693 e. The van der Waals surface area contributed by atoms with Crippen LogP contribution in [0.2, 0.25) is 0 Å². The predicted octanol–water partition coefficient (Wildman–Crippen LogP) is 1.80. The highest BCUT2D eigenvalue weighted by molar-refractivity contribution is 5.07. The van der Waals surface area contributed by atoms with E-state index in [-0.39, 0.29) is 12.1 Å². The molecule has 1 aliphatic rings. The van der Waals surface area contributed by atoms with Gasteiger partial charge in [-0.2, -0.15) is 0 Å². The number of nitrogens with one attached hydrogen (secondary N) is 2. The van der Waals surface area contributed by atoms with Gasteiger partial charge in [-0.25, -0.2) is 0 Å². The lowest BCUT2D eigenvalue weighted by Gasteiger charge is -2.21. The predicted molar refractivity (Wildman–Crippen MR) is 60.5 cm³/mol. The average molecular weight is 208 g/mol. The van der Waals surface area contributed by atoms with E-state index >= 15 is 0 Å². The molecular formula is C12H20N2O. The monoisotopic (exact) mass is 208 g/mol. The Kier molecular flexibility index (Phi) is 3.80. The lowest BCUT2D eigenvalue weighted by Crippen LogP contribution is -2.38. The summed E-state index contributed by atoms with van der Waals surface area (Å²) in [4.78, 5) is 3.04. The summed E-state index contributed by atoms with van der Waals surface area (Å²) >= 11 is 0. The first-order valence-corrected chi connectivity index (χ1v) is 5.89. The van der Waals surface area contributed by atoms with Crippen molar-refractivity contribution in [1.29, 1.82) is 0 Å². The zero-order valence-electron chi connectivity index (χ0n) is 9.08. The third-order valence-electron chi connectivity index (χ3n) is 3.21. The summed E-state index contributed by atoms with van der Waals surface area (Å²) in [6.07, 6.45) is 9.49. The highest BCUT2D eigenvalue weighted by Crippen LogP contribution is 2.18. The normalized spacial score (nSPS) is 27.5. The summed E-state index contributed by atoms with van der Waals surface area (Å²) in [7, 11) is 0. The molecule has 1 aromatic heterocycles. The molecule has 0 radical (unpaired) electrons. The van der Waals surface area contributed by atoms with E-state index in [1.165, 1.54) is 24.8 Å². The van der Waals surface area contributed by atoms with Crippen molar-refractivity contribution in [3.8, 4) is 0 Å². The maximum absolute atomic E-state index is 9.91. The molecule has 0 aromatic carbocycles. The maximum atomic E-state index is 9.91. The summed E-state index contributed by atoms with van der Waals surface area (Å²) in [5.74, 6) is 0. The van der Waals surface area contributed by atoms with Gasteiger partial charge in [-0.3, -0.25) is 0 Å². The fourth-order valence-corrected chi connectivity index (χ4v) is 2.24. The standard InChI is InChI=1S/C12H20N2O/c15-12-5-3-1-2-4-11(12)14-9-10-6-7-13-8-10/h6-8,11-15H,1-5,9H2. The molecule has 0 bridgehead atoms. The van der Waals surface area contributed by atoms with Crippen LogP contribution in [0.5, 0.6) is 0 Å². The first-order valence-electron chi connectivity index (χ1n) is 5.89. The van der Waals surface area contributed by atoms with Crippen LogP contribution in [-0.2, 0) is 6.54 Å². The van der Waals surface area contributed by atoms with E-state index < -0.39 is 0 Å². The zero-order chi connectivity index (χ0) is 10.5. The second-order valence-electron chi connectivity index (χ2n) is 4.41. The Labute approximate surface area is 90.9 Å². The number of aromatic nitrogens is 1. The van der Waals surface area contributed by atoms with Crippen molar-refractivity contribution in [2.45, 2.75) is 50.8 Å². The summed E-state index contributed by atoms with van der Waals surface area (Å²) < 4.78 is 0. The van der Waals surface area contributed by atoms with Gasteiger partial charge in [0.1, 0.15) is 0 Å². The fourth-order valence-electron chi connectivity index (χ4n) is 2.24. The summed E-state index contributed by atoms with van der Waals surface area (Å²) in [5.41, 5.74) is 1.26. The molecule has 0 aliphatic heterocycles. The van der Waals surface area contributed by atoms with Crippen LogP contribution in [0, 0.1) is 0 Å². The van der Waals surface area contributed by atoms with Crippen LogP contribution in [0.3, 0.4) is 0 Å². The number of aliphatic hydroxyl groups is 1.